The molecule has 1 aromatic carbocycles. The van der Waals surface area contributed by atoms with Gasteiger partial charge in [-0.1, -0.05) is 56.2 Å². The van der Waals surface area contributed by atoms with E-state index in [9.17, 15) is 9.59 Å². The van der Waals surface area contributed by atoms with Crippen LogP contribution in [0.5, 0.6) is 0 Å². The van der Waals surface area contributed by atoms with Crippen molar-refractivity contribution in [3.63, 3.8) is 0 Å². The Hall–Kier alpha value is -1.70. The van der Waals surface area contributed by atoms with Crippen LogP contribution in [0, 0.1) is 5.41 Å². The highest BCUT2D eigenvalue weighted by atomic mass is 16.2. The average molecular weight is 296 g/mol. The minimum atomic E-state index is -0.304. The SMILES string of the molecule is CC(C)(C)C1C2=C(CCCC2)CC(=O)C(=O)c2ccccc21. The molecule has 0 amide bonds. The van der Waals surface area contributed by atoms with Gasteiger partial charge in [-0.25, -0.2) is 0 Å². The molecule has 0 fully saturated rings. The number of hydrogen-bond acceptors (Lipinski definition) is 2. The fraction of sp³-hybridized carbons (Fsp3) is 0.500. The van der Waals surface area contributed by atoms with Crippen molar-refractivity contribution in [3.05, 3.63) is 46.5 Å². The largest absolute Gasteiger partial charge is 0.290 e. The number of carbonyl (C=O) groups excluding carboxylic acids is 2. The topological polar surface area (TPSA) is 34.1 Å². The average Bonchev–Trinajstić information content (AvgIpc) is 2.46. The van der Waals surface area contributed by atoms with Crippen LogP contribution in [0.15, 0.2) is 35.4 Å². The second kappa shape index (κ2) is 5.49. The number of ketones is 2. The fourth-order valence-electron chi connectivity index (χ4n) is 4.10. The van der Waals surface area contributed by atoms with Crippen molar-refractivity contribution in [2.24, 2.45) is 5.41 Å². The molecule has 1 unspecified atom stereocenters. The van der Waals surface area contributed by atoms with Gasteiger partial charge in [0.2, 0.25) is 11.6 Å². The normalized spacial score (nSPS) is 22.8. The van der Waals surface area contributed by atoms with E-state index in [1.54, 1.807) is 0 Å². The van der Waals surface area contributed by atoms with Crippen molar-refractivity contribution < 1.29 is 9.59 Å². The molecule has 0 aliphatic heterocycles. The number of benzene rings is 1. The highest BCUT2D eigenvalue weighted by Crippen LogP contribution is 2.48. The molecule has 116 valence electrons. The minimum Gasteiger partial charge on any atom is -0.290 e. The molecule has 2 nitrogen and oxygen atoms in total. The van der Waals surface area contributed by atoms with E-state index in [2.05, 4.69) is 20.8 Å². The first-order valence-corrected chi connectivity index (χ1v) is 8.27. The number of hydrogen-bond donors (Lipinski definition) is 0. The monoisotopic (exact) mass is 296 g/mol. The number of rotatable bonds is 0. The van der Waals surface area contributed by atoms with E-state index >= 15 is 0 Å². The van der Waals surface area contributed by atoms with Crippen LogP contribution in [-0.4, -0.2) is 11.6 Å². The van der Waals surface area contributed by atoms with E-state index in [-0.39, 0.29) is 22.9 Å². The lowest BCUT2D eigenvalue weighted by Gasteiger charge is -2.38. The first-order valence-electron chi connectivity index (χ1n) is 8.27. The second-order valence-electron chi connectivity index (χ2n) is 7.65. The summed E-state index contributed by atoms with van der Waals surface area (Å²) in [6.07, 6.45) is 4.69. The van der Waals surface area contributed by atoms with Crippen LogP contribution in [0.3, 0.4) is 0 Å². The van der Waals surface area contributed by atoms with Gasteiger partial charge < -0.3 is 0 Å². The van der Waals surface area contributed by atoms with Crippen molar-refractivity contribution in [1.82, 2.24) is 0 Å². The first-order chi connectivity index (χ1) is 10.4. The third-order valence-electron chi connectivity index (χ3n) is 4.99. The van der Waals surface area contributed by atoms with Crippen molar-refractivity contribution in [2.45, 2.75) is 58.8 Å². The third-order valence-corrected chi connectivity index (χ3v) is 4.99. The zero-order valence-electron chi connectivity index (χ0n) is 13.7. The van der Waals surface area contributed by atoms with E-state index < -0.39 is 0 Å². The molecule has 3 rings (SSSR count). The Kier molecular flexibility index (Phi) is 3.80. The van der Waals surface area contributed by atoms with Crippen molar-refractivity contribution >= 4 is 11.6 Å². The Bertz CT molecular complexity index is 659. The number of carbonyl (C=O) groups is 2. The van der Waals surface area contributed by atoms with Crippen LogP contribution >= 0.6 is 0 Å². The Balaban J connectivity index is 2.27. The van der Waals surface area contributed by atoms with Crippen molar-refractivity contribution in [2.75, 3.05) is 0 Å². The Morgan fingerprint density at radius 3 is 2.41 bits per heavy atom. The number of Topliss-reactive ketones (excluding diaryl/α,β-unsaturated/α-hetero) is 2. The summed E-state index contributed by atoms with van der Waals surface area (Å²) in [7, 11) is 0. The van der Waals surface area contributed by atoms with Gasteiger partial charge in [-0.15, -0.1) is 0 Å². The van der Waals surface area contributed by atoms with Gasteiger partial charge in [0.1, 0.15) is 0 Å². The van der Waals surface area contributed by atoms with E-state index in [1.807, 2.05) is 24.3 Å². The molecule has 0 heterocycles. The van der Waals surface area contributed by atoms with Gasteiger partial charge in [0.25, 0.3) is 0 Å². The van der Waals surface area contributed by atoms with E-state index in [0.717, 1.165) is 24.8 Å². The predicted octanol–water partition coefficient (Wildman–Crippen LogP) is 4.84. The van der Waals surface area contributed by atoms with Crippen LogP contribution in [0.4, 0.5) is 0 Å². The molecule has 0 N–H and O–H groups in total. The Morgan fingerprint density at radius 2 is 1.68 bits per heavy atom. The number of fused-ring (bicyclic) bond motifs is 1. The molecule has 0 bridgehead atoms. The maximum atomic E-state index is 12.6. The second-order valence-corrected chi connectivity index (χ2v) is 7.65. The lowest BCUT2D eigenvalue weighted by atomic mass is 9.65. The number of allylic oxidation sites excluding steroid dienone is 2. The van der Waals surface area contributed by atoms with E-state index in [0.29, 0.717) is 12.0 Å². The van der Waals surface area contributed by atoms with E-state index in [1.165, 1.54) is 17.6 Å². The smallest absolute Gasteiger partial charge is 0.229 e. The van der Waals surface area contributed by atoms with Crippen LogP contribution in [0.2, 0.25) is 0 Å². The van der Waals surface area contributed by atoms with Crippen molar-refractivity contribution in [3.8, 4) is 0 Å². The third kappa shape index (κ3) is 2.55. The van der Waals surface area contributed by atoms with Gasteiger partial charge >= 0.3 is 0 Å². The summed E-state index contributed by atoms with van der Waals surface area (Å²) in [5, 5.41) is 0. The quantitative estimate of drug-likeness (QED) is 0.507. The molecule has 0 spiro atoms. The zero-order chi connectivity index (χ0) is 15.9. The summed E-state index contributed by atoms with van der Waals surface area (Å²) in [6.45, 7) is 6.71. The van der Waals surface area contributed by atoms with Gasteiger partial charge in [-0.3, -0.25) is 9.59 Å². The molecule has 2 heteroatoms. The molecule has 1 aromatic rings. The molecule has 2 aliphatic rings. The van der Waals surface area contributed by atoms with Gasteiger partial charge in [-0.05, 0) is 36.7 Å². The lowest BCUT2D eigenvalue weighted by Crippen LogP contribution is -2.29. The van der Waals surface area contributed by atoms with Crippen molar-refractivity contribution in [1.29, 1.82) is 0 Å². The fourth-order valence-corrected chi connectivity index (χ4v) is 4.10. The highest BCUT2D eigenvalue weighted by molar-refractivity contribution is 6.44. The summed E-state index contributed by atoms with van der Waals surface area (Å²) in [5.74, 6) is -0.313. The molecular weight excluding hydrogens is 272 g/mol. The molecule has 0 aromatic heterocycles. The van der Waals surface area contributed by atoms with Crippen LogP contribution in [0.1, 0.15) is 74.7 Å². The lowest BCUT2D eigenvalue weighted by molar-refractivity contribution is -0.114. The summed E-state index contributed by atoms with van der Waals surface area (Å²) in [4.78, 5) is 24.9. The van der Waals surface area contributed by atoms with Gasteiger partial charge in [0, 0.05) is 17.9 Å². The summed E-state index contributed by atoms with van der Waals surface area (Å²) >= 11 is 0. The molecule has 1 atom stereocenters. The maximum Gasteiger partial charge on any atom is 0.229 e. The van der Waals surface area contributed by atoms with Gasteiger partial charge in [0.15, 0.2) is 0 Å². The minimum absolute atomic E-state index is 0.0364. The molecule has 0 saturated carbocycles. The summed E-state index contributed by atoms with van der Waals surface area (Å²) < 4.78 is 0. The zero-order valence-corrected chi connectivity index (χ0v) is 13.7. The van der Waals surface area contributed by atoms with Crippen LogP contribution in [-0.2, 0) is 4.79 Å². The maximum absolute atomic E-state index is 12.6. The molecular formula is C20H24O2. The molecule has 22 heavy (non-hydrogen) atoms. The Morgan fingerprint density at radius 1 is 1.00 bits per heavy atom. The van der Waals surface area contributed by atoms with Gasteiger partial charge in [0.05, 0.1) is 0 Å². The molecule has 0 saturated heterocycles. The summed E-state index contributed by atoms with van der Waals surface area (Å²) in [6, 6.07) is 7.71. The Labute approximate surface area is 132 Å². The van der Waals surface area contributed by atoms with Crippen LogP contribution in [0.25, 0.3) is 0 Å². The van der Waals surface area contributed by atoms with Crippen LogP contribution < -0.4 is 0 Å². The highest BCUT2D eigenvalue weighted by Gasteiger charge is 2.37. The molecule has 2 aliphatic carbocycles. The first kappa shape index (κ1) is 15.2. The standard InChI is InChI=1S/C20H24O2/c1-20(2,3)18-14-9-5-4-8-13(14)12-17(21)19(22)16-11-7-6-10-15(16)18/h6-7,10-11,18H,4-5,8-9,12H2,1-3H3. The summed E-state index contributed by atoms with van der Waals surface area (Å²) in [5.41, 5.74) is 4.35. The predicted molar refractivity (Wildman–Crippen MR) is 88.1 cm³/mol. The van der Waals surface area contributed by atoms with Gasteiger partial charge in [-0.2, -0.15) is 0 Å². The van der Waals surface area contributed by atoms with E-state index in [4.69, 9.17) is 0 Å². The molecule has 0 radical (unpaired) electrons.